The van der Waals surface area contributed by atoms with Crippen molar-refractivity contribution in [2.24, 2.45) is 0 Å². The lowest BCUT2D eigenvalue weighted by Crippen LogP contribution is -1.91. The molecule has 104 valence electrons. The minimum absolute atomic E-state index is 0.152. The lowest BCUT2D eigenvalue weighted by atomic mass is 10.1. The molecule has 4 rings (SSSR count). The summed E-state index contributed by atoms with van der Waals surface area (Å²) in [4.78, 5) is 7.49. The van der Waals surface area contributed by atoms with Gasteiger partial charge in [-0.1, -0.05) is 24.3 Å². The molecule has 2 aromatic heterocycles. The van der Waals surface area contributed by atoms with E-state index in [1.54, 1.807) is 18.0 Å². The third-order valence-corrected chi connectivity index (χ3v) is 4.68. The van der Waals surface area contributed by atoms with Crippen LogP contribution in [0.25, 0.3) is 16.2 Å². The van der Waals surface area contributed by atoms with Gasteiger partial charge in [0.2, 0.25) is 0 Å². The number of hydrogen-bond donors (Lipinski definition) is 1. The van der Waals surface area contributed by atoms with Gasteiger partial charge in [-0.2, -0.15) is 5.70 Å². The number of allylic oxidation sites excluding steroid dienone is 1. The van der Waals surface area contributed by atoms with Crippen molar-refractivity contribution in [3.8, 4) is 0 Å². The number of nitrogens with one attached hydrogen (secondary N) is 1. The number of hydrogen-bond acceptors (Lipinski definition) is 2. The zero-order valence-corrected chi connectivity index (χ0v) is 12.2. The van der Waals surface area contributed by atoms with E-state index in [9.17, 15) is 0 Å². The molecule has 1 unspecified atom stereocenters. The van der Waals surface area contributed by atoms with Crippen molar-refractivity contribution in [1.82, 2.24) is 9.97 Å². The minimum atomic E-state index is 0.152. The highest BCUT2D eigenvalue weighted by molar-refractivity contribution is 8.02. The highest BCUT2D eigenvalue weighted by atomic mass is 32.2. The summed E-state index contributed by atoms with van der Waals surface area (Å²) in [6, 6.07) is 12.4. The predicted octanol–water partition coefficient (Wildman–Crippen LogP) is 4.77. The van der Waals surface area contributed by atoms with E-state index in [4.69, 9.17) is 5.32 Å². The molecular weight excluding hydrogens is 278 g/mol. The van der Waals surface area contributed by atoms with E-state index >= 15 is 0 Å². The van der Waals surface area contributed by atoms with Gasteiger partial charge in [0, 0.05) is 29.5 Å². The zero-order chi connectivity index (χ0) is 14.1. The maximum absolute atomic E-state index is 4.81. The molecule has 3 nitrogen and oxygen atoms in total. The van der Waals surface area contributed by atoms with Gasteiger partial charge in [0.15, 0.2) is 0 Å². The quantitative estimate of drug-likeness (QED) is 0.756. The molecule has 1 aromatic carbocycles. The number of benzene rings is 1. The Hall–Kier alpha value is -2.20. The van der Waals surface area contributed by atoms with Crippen LogP contribution >= 0.6 is 11.8 Å². The van der Waals surface area contributed by atoms with Gasteiger partial charge in [0.1, 0.15) is 0 Å². The van der Waals surface area contributed by atoms with Crippen LogP contribution in [0.15, 0.2) is 66.1 Å². The molecule has 1 aliphatic rings. The molecule has 4 heteroatoms. The Morgan fingerprint density at radius 2 is 2.14 bits per heavy atom. The highest BCUT2D eigenvalue weighted by Crippen LogP contribution is 2.45. The standard InChI is InChI=1S/C17H14N3S/c1-2-6-16-15(5-1)13(10-19-16)8-14-11-21-17(20-14)12-4-3-7-18-9-12/h1-7,9-11,17,19H,8H2/q-1. The van der Waals surface area contributed by atoms with Gasteiger partial charge in [0.25, 0.3) is 0 Å². The number of fused-ring (bicyclic) bond motifs is 1. The molecule has 1 aliphatic heterocycles. The first kappa shape index (κ1) is 12.5. The maximum Gasteiger partial charge on any atom is 0.0456 e. The maximum atomic E-state index is 4.81. The highest BCUT2D eigenvalue weighted by Gasteiger charge is 2.10. The Labute approximate surface area is 127 Å². The molecule has 3 aromatic rings. The van der Waals surface area contributed by atoms with Gasteiger partial charge in [-0.05, 0) is 40.5 Å². The van der Waals surface area contributed by atoms with Crippen LogP contribution in [-0.2, 0) is 6.42 Å². The zero-order valence-electron chi connectivity index (χ0n) is 11.4. The van der Waals surface area contributed by atoms with Gasteiger partial charge in [0.05, 0.1) is 0 Å². The van der Waals surface area contributed by atoms with Crippen LogP contribution in [0.3, 0.4) is 0 Å². The Morgan fingerprint density at radius 1 is 1.19 bits per heavy atom. The van der Waals surface area contributed by atoms with Gasteiger partial charge < -0.3 is 10.3 Å². The third kappa shape index (κ3) is 2.43. The summed E-state index contributed by atoms with van der Waals surface area (Å²) in [7, 11) is 0. The van der Waals surface area contributed by atoms with Gasteiger partial charge in [-0.3, -0.25) is 4.98 Å². The summed E-state index contributed by atoms with van der Waals surface area (Å²) in [5.41, 5.74) is 4.78. The fourth-order valence-electron chi connectivity index (χ4n) is 2.59. The third-order valence-electron chi connectivity index (χ3n) is 3.63. The SMILES string of the molecule is C1=C(Cc2c[nH]c3ccccc23)[N-]C(c2cccnc2)S1. The van der Waals surface area contributed by atoms with E-state index in [0.717, 1.165) is 17.7 Å². The molecule has 1 atom stereocenters. The van der Waals surface area contributed by atoms with E-state index in [1.165, 1.54) is 16.5 Å². The number of H-pyrrole nitrogens is 1. The summed E-state index contributed by atoms with van der Waals surface area (Å²) in [5.74, 6) is 0. The van der Waals surface area contributed by atoms with Crippen molar-refractivity contribution in [2.75, 3.05) is 0 Å². The minimum Gasteiger partial charge on any atom is -0.672 e. The Morgan fingerprint density at radius 3 is 3.05 bits per heavy atom. The van der Waals surface area contributed by atoms with E-state index in [-0.39, 0.29) is 5.37 Å². The van der Waals surface area contributed by atoms with Crippen LogP contribution < -0.4 is 0 Å². The summed E-state index contributed by atoms with van der Waals surface area (Å²) in [6.07, 6.45) is 6.64. The van der Waals surface area contributed by atoms with Gasteiger partial charge in [-0.25, -0.2) is 0 Å². The van der Waals surface area contributed by atoms with Crippen LogP contribution in [0.4, 0.5) is 0 Å². The van der Waals surface area contributed by atoms with E-state index in [1.807, 2.05) is 12.3 Å². The van der Waals surface area contributed by atoms with Crippen molar-refractivity contribution >= 4 is 22.7 Å². The summed E-state index contributed by atoms with van der Waals surface area (Å²) >= 11 is 1.75. The molecule has 0 bridgehead atoms. The topological polar surface area (TPSA) is 42.8 Å². The van der Waals surface area contributed by atoms with Crippen molar-refractivity contribution in [3.63, 3.8) is 0 Å². The summed E-state index contributed by atoms with van der Waals surface area (Å²) in [6.45, 7) is 0. The number of rotatable bonds is 3. The average Bonchev–Trinajstić information content (AvgIpc) is 3.17. The van der Waals surface area contributed by atoms with Crippen LogP contribution in [0.5, 0.6) is 0 Å². The molecule has 0 spiro atoms. The van der Waals surface area contributed by atoms with Crippen LogP contribution in [0.1, 0.15) is 16.5 Å². The largest absolute Gasteiger partial charge is 0.672 e. The number of pyridine rings is 1. The Bertz CT molecular complexity index is 792. The number of aromatic nitrogens is 2. The monoisotopic (exact) mass is 292 g/mol. The van der Waals surface area contributed by atoms with Gasteiger partial charge >= 0.3 is 0 Å². The Kier molecular flexibility index (Phi) is 3.16. The molecular formula is C17H14N3S-. The molecule has 1 N–H and O–H groups in total. The van der Waals surface area contributed by atoms with Crippen LogP contribution in [0, 0.1) is 0 Å². The summed E-state index contributed by atoms with van der Waals surface area (Å²) < 4.78 is 0. The average molecular weight is 292 g/mol. The number of nitrogens with zero attached hydrogens (tertiary/aromatic N) is 2. The van der Waals surface area contributed by atoms with Crippen molar-refractivity contribution < 1.29 is 0 Å². The van der Waals surface area contributed by atoms with E-state index in [2.05, 4.69) is 51.9 Å². The second-order valence-corrected chi connectivity index (χ2v) is 6.00. The molecule has 0 saturated carbocycles. The normalized spacial score (nSPS) is 17.7. The Balaban J connectivity index is 1.52. The van der Waals surface area contributed by atoms with Crippen molar-refractivity contribution in [1.29, 1.82) is 0 Å². The first-order valence-electron chi connectivity index (χ1n) is 6.90. The van der Waals surface area contributed by atoms with E-state index < -0.39 is 0 Å². The number of aromatic amines is 1. The van der Waals surface area contributed by atoms with Crippen molar-refractivity contribution in [3.05, 3.63) is 82.5 Å². The van der Waals surface area contributed by atoms with Crippen molar-refractivity contribution in [2.45, 2.75) is 11.8 Å². The summed E-state index contributed by atoms with van der Waals surface area (Å²) in [5, 5.41) is 8.41. The first-order chi connectivity index (χ1) is 10.4. The van der Waals surface area contributed by atoms with Crippen LogP contribution in [0.2, 0.25) is 0 Å². The molecule has 21 heavy (non-hydrogen) atoms. The predicted molar refractivity (Wildman–Crippen MR) is 88.0 cm³/mol. The fourth-order valence-corrected chi connectivity index (χ4v) is 3.51. The molecule has 0 amide bonds. The second kappa shape index (κ2) is 5.30. The lowest BCUT2D eigenvalue weighted by Gasteiger charge is -2.26. The molecule has 0 saturated heterocycles. The second-order valence-electron chi connectivity index (χ2n) is 5.05. The van der Waals surface area contributed by atoms with Gasteiger partial charge in [-0.15, -0.1) is 11.8 Å². The lowest BCUT2D eigenvalue weighted by molar-refractivity contribution is 1.08. The fraction of sp³-hybridized carbons (Fsp3) is 0.118. The molecule has 0 aliphatic carbocycles. The number of thioether (sulfide) groups is 1. The molecule has 3 heterocycles. The first-order valence-corrected chi connectivity index (χ1v) is 7.85. The molecule has 0 fully saturated rings. The van der Waals surface area contributed by atoms with E-state index in [0.29, 0.717) is 0 Å². The molecule has 0 radical (unpaired) electrons. The smallest absolute Gasteiger partial charge is 0.0456 e. The number of para-hydroxylation sites is 1. The van der Waals surface area contributed by atoms with Crippen LogP contribution in [-0.4, -0.2) is 9.97 Å².